The highest BCUT2D eigenvalue weighted by atomic mass is 15.1. The van der Waals surface area contributed by atoms with Crippen LogP contribution in [-0.2, 0) is 0 Å². The van der Waals surface area contributed by atoms with Gasteiger partial charge in [0.1, 0.15) is 0 Å². The minimum Gasteiger partial charge on any atom is -0.375 e. The molecule has 0 amide bonds. The van der Waals surface area contributed by atoms with Gasteiger partial charge in [0.25, 0.3) is 0 Å². The number of hydrogen-bond donors (Lipinski definition) is 0. The second-order valence-electron chi connectivity index (χ2n) is 8.81. The molecule has 0 saturated heterocycles. The molecule has 0 atom stereocenters. The van der Waals surface area contributed by atoms with E-state index >= 15 is 0 Å². The van der Waals surface area contributed by atoms with Crippen LogP contribution in [-0.4, -0.2) is 38.9 Å². The lowest BCUT2D eigenvalue weighted by molar-refractivity contribution is 0.866. The third kappa shape index (κ3) is 5.09. The predicted molar refractivity (Wildman–Crippen MR) is 154 cm³/mol. The zero-order valence-corrected chi connectivity index (χ0v) is 21.8. The van der Waals surface area contributed by atoms with Crippen molar-refractivity contribution in [2.24, 2.45) is 4.99 Å². The maximum atomic E-state index is 4.75. The van der Waals surface area contributed by atoms with Crippen molar-refractivity contribution in [1.29, 1.82) is 0 Å². The van der Waals surface area contributed by atoms with Crippen LogP contribution in [0.1, 0.15) is 49.9 Å². The summed E-state index contributed by atoms with van der Waals surface area (Å²) in [6, 6.07) is 26.7. The van der Waals surface area contributed by atoms with Gasteiger partial charge in [-0.05, 0) is 85.9 Å². The van der Waals surface area contributed by atoms with Crippen LogP contribution in [0.3, 0.4) is 0 Å². The Balaban J connectivity index is 1.91. The van der Waals surface area contributed by atoms with Crippen molar-refractivity contribution >= 4 is 28.2 Å². The van der Waals surface area contributed by atoms with Crippen LogP contribution >= 0.6 is 0 Å². The van der Waals surface area contributed by atoms with Crippen LogP contribution in [0.25, 0.3) is 11.1 Å². The van der Waals surface area contributed by atoms with Crippen molar-refractivity contribution in [3.63, 3.8) is 0 Å². The van der Waals surface area contributed by atoms with Gasteiger partial charge in [0.15, 0.2) is 0 Å². The largest absolute Gasteiger partial charge is 0.375 e. The fraction of sp³-hybridized carbons (Fsp3) is 0.281. The van der Waals surface area contributed by atoms with Gasteiger partial charge in [0.05, 0.1) is 5.71 Å². The number of allylic oxidation sites excluding steroid dienone is 3. The van der Waals surface area contributed by atoms with E-state index in [0.717, 1.165) is 31.9 Å². The number of fused-ring (bicyclic) bond motifs is 1. The van der Waals surface area contributed by atoms with Crippen LogP contribution in [0.2, 0.25) is 0 Å². The van der Waals surface area contributed by atoms with E-state index in [4.69, 9.17) is 4.99 Å². The van der Waals surface area contributed by atoms with Crippen LogP contribution in [0.5, 0.6) is 0 Å². The molecule has 0 saturated carbocycles. The maximum absolute atomic E-state index is 4.75. The molecular formula is C32H37N3. The molecule has 0 radical (unpaired) electrons. The Bertz CT molecular complexity index is 1230. The van der Waals surface area contributed by atoms with Gasteiger partial charge < -0.3 is 9.80 Å². The molecule has 0 aliphatic heterocycles. The molecule has 0 aromatic heterocycles. The Morgan fingerprint density at radius 2 is 1.23 bits per heavy atom. The summed E-state index contributed by atoms with van der Waals surface area (Å²) in [7, 11) is 2.13. The van der Waals surface area contributed by atoms with Gasteiger partial charge in [-0.1, -0.05) is 54.6 Å². The smallest absolute Gasteiger partial charge is 0.0652 e. The van der Waals surface area contributed by atoms with Crippen molar-refractivity contribution in [3.8, 4) is 0 Å². The van der Waals surface area contributed by atoms with Gasteiger partial charge in [-0.2, -0.15) is 0 Å². The molecule has 3 aromatic carbocycles. The summed E-state index contributed by atoms with van der Waals surface area (Å²) in [5, 5.41) is 0. The fourth-order valence-corrected chi connectivity index (χ4v) is 4.78. The highest BCUT2D eigenvalue weighted by molar-refractivity contribution is 6.19. The molecule has 35 heavy (non-hydrogen) atoms. The summed E-state index contributed by atoms with van der Waals surface area (Å²) in [4.78, 5) is 9.40. The molecule has 0 heterocycles. The fourth-order valence-electron chi connectivity index (χ4n) is 4.78. The third-order valence-electron chi connectivity index (χ3n) is 6.85. The molecule has 0 fully saturated rings. The summed E-state index contributed by atoms with van der Waals surface area (Å²) < 4.78 is 0. The van der Waals surface area contributed by atoms with Crippen LogP contribution in [0.4, 0.5) is 11.4 Å². The summed E-state index contributed by atoms with van der Waals surface area (Å²) in [5.41, 5.74) is 10.9. The summed E-state index contributed by atoms with van der Waals surface area (Å²) in [5.74, 6) is 0. The first-order chi connectivity index (χ1) is 17.1. The van der Waals surface area contributed by atoms with E-state index in [9.17, 15) is 0 Å². The van der Waals surface area contributed by atoms with Crippen molar-refractivity contribution in [3.05, 3.63) is 107 Å². The molecule has 0 spiro atoms. The van der Waals surface area contributed by atoms with Crippen LogP contribution in [0.15, 0.2) is 89.9 Å². The van der Waals surface area contributed by atoms with E-state index in [0.29, 0.717) is 0 Å². The van der Waals surface area contributed by atoms with Crippen LogP contribution in [0, 0.1) is 0 Å². The number of nitrogens with zero attached hydrogens (tertiary/aromatic N) is 3. The molecule has 4 rings (SSSR count). The summed E-state index contributed by atoms with van der Waals surface area (Å²) in [6.07, 6.45) is 4.42. The van der Waals surface area contributed by atoms with Gasteiger partial charge >= 0.3 is 0 Å². The molecule has 3 aromatic rings. The molecule has 0 N–H and O–H groups in total. The van der Waals surface area contributed by atoms with Crippen molar-refractivity contribution in [2.75, 3.05) is 43.0 Å². The molecule has 0 unspecified atom stereocenters. The monoisotopic (exact) mass is 463 g/mol. The van der Waals surface area contributed by atoms with Gasteiger partial charge in [-0.15, -0.1) is 0 Å². The standard InChI is InChI=1S/C32H37N3/c1-6-33-31-23-22-30(28-12-10-11-13-29(28)31)32(24-14-18-26(19-15-24)34(5)7-2)25-16-20-27(21-17-25)35(8-3)9-4/h10-23H,6-9H2,1-5H3/b32-30+,33-31?. The van der Waals surface area contributed by atoms with Gasteiger partial charge in [-0.3, -0.25) is 4.99 Å². The normalized spacial score (nSPS) is 15.2. The first-order valence-corrected chi connectivity index (χ1v) is 12.8. The Kier molecular flexibility index (Phi) is 7.87. The van der Waals surface area contributed by atoms with Crippen molar-refractivity contribution in [2.45, 2.75) is 27.7 Å². The second-order valence-corrected chi connectivity index (χ2v) is 8.81. The van der Waals surface area contributed by atoms with Crippen molar-refractivity contribution < 1.29 is 0 Å². The molecule has 1 aliphatic carbocycles. The average Bonchev–Trinajstić information content (AvgIpc) is 2.91. The first kappa shape index (κ1) is 24.5. The molecular weight excluding hydrogens is 426 g/mol. The highest BCUT2D eigenvalue weighted by Crippen LogP contribution is 2.38. The van der Waals surface area contributed by atoms with Gasteiger partial charge in [-0.25, -0.2) is 0 Å². The lowest BCUT2D eigenvalue weighted by Gasteiger charge is -2.23. The molecule has 3 heteroatoms. The van der Waals surface area contributed by atoms with E-state index < -0.39 is 0 Å². The lowest BCUT2D eigenvalue weighted by atomic mass is 9.83. The summed E-state index contributed by atoms with van der Waals surface area (Å²) in [6.45, 7) is 12.5. The lowest BCUT2D eigenvalue weighted by Crippen LogP contribution is -2.21. The van der Waals surface area contributed by atoms with E-state index in [1.807, 2.05) is 0 Å². The Labute approximate surface area is 211 Å². The van der Waals surface area contributed by atoms with Gasteiger partial charge in [0, 0.05) is 50.2 Å². The topological polar surface area (TPSA) is 18.8 Å². The quantitative estimate of drug-likeness (QED) is 0.348. The van der Waals surface area contributed by atoms with E-state index in [-0.39, 0.29) is 0 Å². The number of rotatable bonds is 8. The second kappa shape index (κ2) is 11.2. The van der Waals surface area contributed by atoms with Crippen molar-refractivity contribution in [1.82, 2.24) is 0 Å². The predicted octanol–water partition coefficient (Wildman–Crippen LogP) is 7.33. The average molecular weight is 464 g/mol. The molecule has 1 aliphatic rings. The third-order valence-corrected chi connectivity index (χ3v) is 6.85. The van der Waals surface area contributed by atoms with Crippen LogP contribution < -0.4 is 9.80 Å². The number of anilines is 2. The van der Waals surface area contributed by atoms with Gasteiger partial charge in [0.2, 0.25) is 0 Å². The van der Waals surface area contributed by atoms with E-state index in [2.05, 4.69) is 129 Å². The zero-order chi connectivity index (χ0) is 24.8. The first-order valence-electron chi connectivity index (χ1n) is 12.8. The minimum absolute atomic E-state index is 0.777. The van der Waals surface area contributed by atoms with E-state index in [1.54, 1.807) is 0 Å². The SMILES string of the molecule is CCN=C1C=C/C(=C(/c2ccc(N(C)CC)cc2)c2ccc(N(CC)CC)cc2)c2ccccc21. The zero-order valence-electron chi connectivity index (χ0n) is 21.8. The Hall–Kier alpha value is -3.59. The Morgan fingerprint density at radius 3 is 1.77 bits per heavy atom. The Morgan fingerprint density at radius 1 is 0.657 bits per heavy atom. The number of benzene rings is 3. The minimum atomic E-state index is 0.777. The maximum Gasteiger partial charge on any atom is 0.0652 e. The van der Waals surface area contributed by atoms with E-state index in [1.165, 1.54) is 44.8 Å². The summed E-state index contributed by atoms with van der Waals surface area (Å²) >= 11 is 0. The highest BCUT2D eigenvalue weighted by Gasteiger charge is 2.20. The molecule has 0 bridgehead atoms. The number of aliphatic imine (C=N–C) groups is 1. The number of hydrogen-bond acceptors (Lipinski definition) is 3. The molecule has 3 nitrogen and oxygen atoms in total. The molecule has 180 valence electrons.